The molecule has 112 valence electrons. The second kappa shape index (κ2) is 7.55. The molecule has 1 fully saturated rings. The predicted molar refractivity (Wildman–Crippen MR) is 88.8 cm³/mol. The van der Waals surface area contributed by atoms with E-state index in [9.17, 15) is 0 Å². The molecule has 0 bridgehead atoms. The van der Waals surface area contributed by atoms with Crippen molar-refractivity contribution in [3.8, 4) is 0 Å². The number of nitrogens with two attached hydrogens (primary N) is 1. The highest BCUT2D eigenvalue weighted by Gasteiger charge is 2.31. The highest BCUT2D eigenvalue weighted by Crippen LogP contribution is 2.30. The lowest BCUT2D eigenvalue weighted by atomic mass is 10.1. The normalized spacial score (nSPS) is 21.6. The Morgan fingerprint density at radius 3 is 2.65 bits per heavy atom. The summed E-state index contributed by atoms with van der Waals surface area (Å²) in [6.07, 6.45) is 1.25. The number of hydrogen-bond donors (Lipinski definition) is 1. The molecule has 2 unspecified atom stereocenters. The fraction of sp³-hybridized carbons (Fsp3) is 0.625. The summed E-state index contributed by atoms with van der Waals surface area (Å²) in [5.74, 6) is 0. The summed E-state index contributed by atoms with van der Waals surface area (Å²) in [6.45, 7) is 9.72. The highest BCUT2D eigenvalue weighted by molar-refractivity contribution is 9.10. The van der Waals surface area contributed by atoms with Gasteiger partial charge in [0, 0.05) is 36.2 Å². The van der Waals surface area contributed by atoms with Crippen molar-refractivity contribution in [2.45, 2.75) is 32.4 Å². The number of nitrogens with zero attached hydrogens (tertiary/aromatic N) is 2. The average molecular weight is 340 g/mol. The van der Waals surface area contributed by atoms with Gasteiger partial charge in [-0.3, -0.25) is 9.80 Å². The molecule has 0 amide bonds. The van der Waals surface area contributed by atoms with Crippen LogP contribution in [0.2, 0.25) is 0 Å². The van der Waals surface area contributed by atoms with Gasteiger partial charge in [0.05, 0.1) is 0 Å². The lowest BCUT2D eigenvalue weighted by Crippen LogP contribution is -2.39. The highest BCUT2D eigenvalue weighted by atomic mass is 79.9. The van der Waals surface area contributed by atoms with E-state index in [4.69, 9.17) is 5.73 Å². The molecule has 2 N–H and O–H groups in total. The molecular formula is C16H26BrN3. The van der Waals surface area contributed by atoms with Crippen LogP contribution in [0.4, 0.5) is 0 Å². The molecular weight excluding hydrogens is 314 g/mol. The molecule has 4 heteroatoms. The molecule has 1 aliphatic heterocycles. The van der Waals surface area contributed by atoms with Crippen LogP contribution >= 0.6 is 15.9 Å². The zero-order chi connectivity index (χ0) is 14.5. The summed E-state index contributed by atoms with van der Waals surface area (Å²) < 4.78 is 1.17. The smallest absolute Gasteiger partial charge is 0.0482 e. The average Bonchev–Trinajstić information content (AvgIpc) is 2.93. The van der Waals surface area contributed by atoms with Crippen LogP contribution in [0.1, 0.15) is 31.9 Å². The van der Waals surface area contributed by atoms with Crippen LogP contribution < -0.4 is 5.73 Å². The lowest BCUT2D eigenvalue weighted by Gasteiger charge is -2.30. The minimum absolute atomic E-state index is 0.325. The summed E-state index contributed by atoms with van der Waals surface area (Å²) in [5.41, 5.74) is 7.38. The summed E-state index contributed by atoms with van der Waals surface area (Å²) in [4.78, 5) is 5.11. The molecule has 1 saturated heterocycles. The quantitative estimate of drug-likeness (QED) is 0.864. The van der Waals surface area contributed by atoms with Crippen molar-refractivity contribution < 1.29 is 0 Å². The van der Waals surface area contributed by atoms with Crippen molar-refractivity contribution in [3.05, 3.63) is 34.3 Å². The first-order chi connectivity index (χ1) is 9.71. The number of hydrogen-bond acceptors (Lipinski definition) is 3. The van der Waals surface area contributed by atoms with Gasteiger partial charge in [0.2, 0.25) is 0 Å². The first-order valence-electron chi connectivity index (χ1n) is 7.63. The van der Waals surface area contributed by atoms with E-state index < -0.39 is 0 Å². The van der Waals surface area contributed by atoms with Gasteiger partial charge in [-0.15, -0.1) is 0 Å². The van der Waals surface area contributed by atoms with E-state index in [1.807, 2.05) is 0 Å². The van der Waals surface area contributed by atoms with Gasteiger partial charge in [-0.2, -0.15) is 0 Å². The van der Waals surface area contributed by atoms with E-state index in [0.29, 0.717) is 18.6 Å². The van der Waals surface area contributed by atoms with Gasteiger partial charge in [-0.25, -0.2) is 0 Å². The van der Waals surface area contributed by atoms with Crippen molar-refractivity contribution in [1.29, 1.82) is 0 Å². The molecule has 1 aromatic rings. The van der Waals surface area contributed by atoms with Gasteiger partial charge in [0.15, 0.2) is 0 Å². The summed E-state index contributed by atoms with van der Waals surface area (Å²) in [7, 11) is 0. The fourth-order valence-electron chi connectivity index (χ4n) is 3.31. The van der Waals surface area contributed by atoms with Crippen LogP contribution in [-0.2, 0) is 0 Å². The minimum Gasteiger partial charge on any atom is -0.329 e. The molecule has 2 atom stereocenters. The van der Waals surface area contributed by atoms with Crippen molar-refractivity contribution in [2.24, 2.45) is 5.73 Å². The third-order valence-corrected chi connectivity index (χ3v) is 5.17. The van der Waals surface area contributed by atoms with Gasteiger partial charge in [0.1, 0.15) is 0 Å². The SMILES string of the molecule is CCN(CC)C1CCN(C(CN)c2ccccc2Br)C1. The number of likely N-dealkylation sites (tertiary alicyclic amines) is 1. The molecule has 2 rings (SSSR count). The number of halogens is 1. The number of rotatable bonds is 6. The van der Waals surface area contributed by atoms with E-state index >= 15 is 0 Å². The molecule has 0 aliphatic carbocycles. The zero-order valence-corrected chi connectivity index (χ0v) is 14.1. The Hall–Kier alpha value is -0.420. The third-order valence-electron chi connectivity index (χ3n) is 4.45. The van der Waals surface area contributed by atoms with Crippen LogP contribution in [0.15, 0.2) is 28.7 Å². The van der Waals surface area contributed by atoms with E-state index in [1.165, 1.54) is 16.5 Å². The second-order valence-corrected chi connectivity index (χ2v) is 6.29. The Morgan fingerprint density at radius 2 is 2.05 bits per heavy atom. The maximum absolute atomic E-state index is 6.06. The maximum Gasteiger partial charge on any atom is 0.0482 e. The molecule has 1 aliphatic rings. The monoisotopic (exact) mass is 339 g/mol. The zero-order valence-electron chi connectivity index (χ0n) is 12.6. The third kappa shape index (κ3) is 3.42. The second-order valence-electron chi connectivity index (χ2n) is 5.43. The predicted octanol–water partition coefficient (Wildman–Crippen LogP) is 2.87. The molecule has 1 heterocycles. The van der Waals surface area contributed by atoms with E-state index in [0.717, 1.165) is 26.2 Å². The molecule has 20 heavy (non-hydrogen) atoms. The first kappa shape index (κ1) is 16.0. The fourth-order valence-corrected chi connectivity index (χ4v) is 3.86. The number of likely N-dealkylation sites (N-methyl/N-ethyl adjacent to an activating group) is 1. The Morgan fingerprint density at radius 1 is 1.35 bits per heavy atom. The Bertz CT molecular complexity index is 420. The van der Waals surface area contributed by atoms with Crippen molar-refractivity contribution in [3.63, 3.8) is 0 Å². The van der Waals surface area contributed by atoms with Crippen molar-refractivity contribution in [2.75, 3.05) is 32.7 Å². The first-order valence-corrected chi connectivity index (χ1v) is 8.43. The standard InChI is InChI=1S/C16H26BrN3/c1-3-19(4-2)13-9-10-20(12-13)16(11-18)14-7-5-6-8-15(14)17/h5-8,13,16H,3-4,9-12,18H2,1-2H3. The van der Waals surface area contributed by atoms with Crippen molar-refractivity contribution in [1.82, 2.24) is 9.80 Å². The van der Waals surface area contributed by atoms with E-state index in [-0.39, 0.29) is 0 Å². The van der Waals surface area contributed by atoms with Gasteiger partial charge < -0.3 is 5.73 Å². The van der Waals surface area contributed by atoms with Crippen LogP contribution in [0.25, 0.3) is 0 Å². The minimum atomic E-state index is 0.325. The van der Waals surface area contributed by atoms with Gasteiger partial charge in [0.25, 0.3) is 0 Å². The molecule has 0 spiro atoms. The van der Waals surface area contributed by atoms with Gasteiger partial charge in [-0.05, 0) is 31.1 Å². The van der Waals surface area contributed by atoms with Gasteiger partial charge in [-0.1, -0.05) is 48.0 Å². The topological polar surface area (TPSA) is 32.5 Å². The van der Waals surface area contributed by atoms with Crippen LogP contribution in [-0.4, -0.2) is 48.6 Å². The Kier molecular flexibility index (Phi) is 6.02. The van der Waals surface area contributed by atoms with E-state index in [1.54, 1.807) is 0 Å². The van der Waals surface area contributed by atoms with E-state index in [2.05, 4.69) is 63.8 Å². The van der Waals surface area contributed by atoms with Crippen LogP contribution in [0.3, 0.4) is 0 Å². The summed E-state index contributed by atoms with van der Waals surface area (Å²) in [5, 5.41) is 0. The molecule has 0 aromatic heterocycles. The molecule has 1 aromatic carbocycles. The van der Waals surface area contributed by atoms with Crippen molar-refractivity contribution >= 4 is 15.9 Å². The van der Waals surface area contributed by atoms with Gasteiger partial charge >= 0.3 is 0 Å². The lowest BCUT2D eigenvalue weighted by molar-refractivity contribution is 0.189. The molecule has 3 nitrogen and oxygen atoms in total. The van der Waals surface area contributed by atoms with Crippen LogP contribution in [0.5, 0.6) is 0 Å². The maximum atomic E-state index is 6.06. The van der Waals surface area contributed by atoms with Crippen LogP contribution in [0, 0.1) is 0 Å². The molecule has 0 radical (unpaired) electrons. The molecule has 0 saturated carbocycles. The summed E-state index contributed by atoms with van der Waals surface area (Å²) in [6, 6.07) is 9.46. The Labute approximate surface area is 131 Å². The largest absolute Gasteiger partial charge is 0.329 e. The number of benzene rings is 1. The Balaban J connectivity index is 2.09. The summed E-state index contributed by atoms with van der Waals surface area (Å²) >= 11 is 3.66.